The number of aryl methyl sites for hydroxylation is 2. The quantitative estimate of drug-likeness (QED) is 0.710. The minimum Gasteiger partial charge on any atom is -0.355 e. The number of hydrogen-bond donors (Lipinski definition) is 1. The lowest BCUT2D eigenvalue weighted by atomic mass is 9.95. The van der Waals surface area contributed by atoms with Crippen LogP contribution in [0.15, 0.2) is 18.2 Å². The Balaban J connectivity index is 2.32. The molecule has 1 aliphatic rings. The molecule has 0 spiro atoms. The van der Waals surface area contributed by atoms with Crippen LogP contribution in [0.4, 0.5) is 0 Å². The summed E-state index contributed by atoms with van der Waals surface area (Å²) in [6.07, 6.45) is 3.76. The van der Waals surface area contributed by atoms with Crippen molar-refractivity contribution in [1.29, 1.82) is 0 Å². The van der Waals surface area contributed by atoms with Gasteiger partial charge in [-0.3, -0.25) is 4.79 Å². The number of fused-ring (bicyclic) bond motifs is 1. The summed E-state index contributed by atoms with van der Waals surface area (Å²) in [6.45, 7) is 0. The van der Waals surface area contributed by atoms with Gasteiger partial charge in [-0.25, -0.2) is 0 Å². The van der Waals surface area contributed by atoms with Crippen molar-refractivity contribution in [3.8, 4) is 11.8 Å². The standard InChI is InChI=1S/C14H15NO/c1-15-14(16)13-9-8-11-6-4-2-3-5-7-12(11)10-13/h8-10H,4-7H2,1H3,(H,15,16). The molecular formula is C14H15NO. The lowest BCUT2D eigenvalue weighted by Gasteiger charge is -2.11. The van der Waals surface area contributed by atoms with Crippen LogP contribution in [-0.4, -0.2) is 13.0 Å². The van der Waals surface area contributed by atoms with Crippen molar-refractivity contribution < 1.29 is 4.79 Å². The van der Waals surface area contributed by atoms with Crippen LogP contribution in [0, 0.1) is 11.8 Å². The first-order valence-electron chi connectivity index (χ1n) is 5.61. The van der Waals surface area contributed by atoms with Crippen LogP contribution in [-0.2, 0) is 12.8 Å². The first-order valence-corrected chi connectivity index (χ1v) is 5.61. The van der Waals surface area contributed by atoms with Crippen LogP contribution in [0.2, 0.25) is 0 Å². The predicted molar refractivity (Wildman–Crippen MR) is 64.3 cm³/mol. The second-order valence-electron chi connectivity index (χ2n) is 3.92. The second-order valence-corrected chi connectivity index (χ2v) is 3.92. The Morgan fingerprint density at radius 2 is 1.88 bits per heavy atom. The van der Waals surface area contributed by atoms with Crippen LogP contribution >= 0.6 is 0 Å². The number of rotatable bonds is 1. The fourth-order valence-corrected chi connectivity index (χ4v) is 1.96. The maximum atomic E-state index is 11.5. The molecule has 82 valence electrons. The van der Waals surface area contributed by atoms with Gasteiger partial charge in [0.1, 0.15) is 0 Å². The van der Waals surface area contributed by atoms with Gasteiger partial charge < -0.3 is 5.32 Å². The summed E-state index contributed by atoms with van der Waals surface area (Å²) in [4.78, 5) is 11.5. The molecule has 0 bridgehead atoms. The third-order valence-electron chi connectivity index (χ3n) is 2.86. The summed E-state index contributed by atoms with van der Waals surface area (Å²) in [6, 6.07) is 5.96. The van der Waals surface area contributed by atoms with E-state index in [0.29, 0.717) is 0 Å². The number of carbonyl (C=O) groups is 1. The first-order chi connectivity index (χ1) is 7.81. The molecule has 0 saturated heterocycles. The van der Waals surface area contributed by atoms with Crippen molar-refractivity contribution in [3.05, 3.63) is 34.9 Å². The van der Waals surface area contributed by atoms with Crippen LogP contribution in [0.25, 0.3) is 0 Å². The highest BCUT2D eigenvalue weighted by Gasteiger charge is 2.08. The number of hydrogen-bond acceptors (Lipinski definition) is 1. The Morgan fingerprint density at radius 1 is 1.19 bits per heavy atom. The second kappa shape index (κ2) is 4.85. The summed E-state index contributed by atoms with van der Waals surface area (Å²) < 4.78 is 0. The molecule has 2 rings (SSSR count). The van der Waals surface area contributed by atoms with E-state index in [0.717, 1.165) is 31.2 Å². The largest absolute Gasteiger partial charge is 0.355 e. The van der Waals surface area contributed by atoms with E-state index in [1.807, 2.05) is 12.1 Å². The zero-order chi connectivity index (χ0) is 11.4. The molecule has 1 aromatic carbocycles. The van der Waals surface area contributed by atoms with E-state index in [1.54, 1.807) is 7.05 Å². The molecule has 1 aliphatic carbocycles. The summed E-state index contributed by atoms with van der Waals surface area (Å²) in [5.74, 6) is 6.27. The number of carbonyl (C=O) groups excluding carboxylic acids is 1. The van der Waals surface area contributed by atoms with Crippen LogP contribution in [0.1, 0.15) is 34.3 Å². The van der Waals surface area contributed by atoms with Crippen LogP contribution in [0.3, 0.4) is 0 Å². The topological polar surface area (TPSA) is 29.1 Å². The Hall–Kier alpha value is -1.75. The van der Waals surface area contributed by atoms with Gasteiger partial charge in [-0.2, -0.15) is 0 Å². The van der Waals surface area contributed by atoms with Gasteiger partial charge in [0, 0.05) is 25.5 Å². The Kier molecular flexibility index (Phi) is 3.26. The van der Waals surface area contributed by atoms with Crippen LogP contribution in [0.5, 0.6) is 0 Å². The van der Waals surface area contributed by atoms with Gasteiger partial charge in [-0.1, -0.05) is 6.07 Å². The van der Waals surface area contributed by atoms with E-state index in [-0.39, 0.29) is 5.91 Å². The molecular weight excluding hydrogens is 198 g/mol. The van der Waals surface area contributed by atoms with Gasteiger partial charge in [0.25, 0.3) is 5.91 Å². The lowest BCUT2D eigenvalue weighted by Crippen LogP contribution is -2.18. The van der Waals surface area contributed by atoms with E-state index >= 15 is 0 Å². The van der Waals surface area contributed by atoms with Crippen LogP contribution < -0.4 is 5.32 Å². The molecule has 2 heteroatoms. The van der Waals surface area contributed by atoms with Crippen molar-refractivity contribution in [2.24, 2.45) is 0 Å². The molecule has 0 aromatic heterocycles. The van der Waals surface area contributed by atoms with Crippen molar-refractivity contribution >= 4 is 5.91 Å². The summed E-state index contributed by atoms with van der Waals surface area (Å²) in [5.41, 5.74) is 3.35. The fourth-order valence-electron chi connectivity index (χ4n) is 1.96. The van der Waals surface area contributed by atoms with Crippen molar-refractivity contribution in [1.82, 2.24) is 5.32 Å². The third kappa shape index (κ3) is 2.25. The molecule has 1 N–H and O–H groups in total. The maximum Gasteiger partial charge on any atom is 0.251 e. The van der Waals surface area contributed by atoms with E-state index < -0.39 is 0 Å². The fraction of sp³-hybridized carbons (Fsp3) is 0.357. The van der Waals surface area contributed by atoms with Gasteiger partial charge in [0.15, 0.2) is 0 Å². The molecule has 0 fully saturated rings. The highest BCUT2D eigenvalue weighted by atomic mass is 16.1. The van der Waals surface area contributed by atoms with E-state index in [9.17, 15) is 4.79 Å². The molecule has 16 heavy (non-hydrogen) atoms. The SMILES string of the molecule is CNC(=O)c1ccc2c(c1)CCC#CCC2. The average Bonchev–Trinajstić information content (AvgIpc) is 2.28. The minimum atomic E-state index is -0.0176. The smallest absolute Gasteiger partial charge is 0.251 e. The highest BCUT2D eigenvalue weighted by molar-refractivity contribution is 5.94. The Labute approximate surface area is 96.1 Å². The summed E-state index contributed by atoms with van der Waals surface area (Å²) >= 11 is 0. The van der Waals surface area contributed by atoms with E-state index in [1.165, 1.54) is 11.1 Å². The zero-order valence-corrected chi connectivity index (χ0v) is 9.47. The number of benzene rings is 1. The number of nitrogens with one attached hydrogen (secondary N) is 1. The predicted octanol–water partition coefficient (Wildman–Crippen LogP) is 1.93. The van der Waals surface area contributed by atoms with E-state index in [4.69, 9.17) is 0 Å². The minimum absolute atomic E-state index is 0.0176. The zero-order valence-electron chi connectivity index (χ0n) is 9.47. The summed E-state index contributed by atoms with van der Waals surface area (Å²) in [7, 11) is 1.66. The Morgan fingerprint density at radius 3 is 2.56 bits per heavy atom. The molecule has 0 saturated carbocycles. The molecule has 0 heterocycles. The third-order valence-corrected chi connectivity index (χ3v) is 2.86. The molecule has 0 aliphatic heterocycles. The lowest BCUT2D eigenvalue weighted by molar-refractivity contribution is 0.0963. The normalized spacial score (nSPS) is 13.8. The van der Waals surface area contributed by atoms with Gasteiger partial charge in [-0.05, 0) is 36.1 Å². The van der Waals surface area contributed by atoms with Crippen molar-refractivity contribution in [2.75, 3.05) is 7.05 Å². The monoisotopic (exact) mass is 213 g/mol. The Bertz CT molecular complexity index is 465. The summed E-state index contributed by atoms with van der Waals surface area (Å²) in [5, 5.41) is 2.65. The highest BCUT2D eigenvalue weighted by Crippen LogP contribution is 2.17. The molecule has 0 atom stereocenters. The molecule has 2 nitrogen and oxygen atoms in total. The molecule has 0 radical (unpaired) electrons. The molecule has 1 aromatic rings. The van der Waals surface area contributed by atoms with Gasteiger partial charge in [0.05, 0.1) is 0 Å². The number of amides is 1. The van der Waals surface area contributed by atoms with Gasteiger partial charge in [-0.15, -0.1) is 11.8 Å². The first kappa shape index (κ1) is 10.8. The maximum absolute atomic E-state index is 11.5. The van der Waals surface area contributed by atoms with Gasteiger partial charge in [0.2, 0.25) is 0 Å². The van der Waals surface area contributed by atoms with Crippen molar-refractivity contribution in [3.63, 3.8) is 0 Å². The van der Waals surface area contributed by atoms with Gasteiger partial charge >= 0.3 is 0 Å². The molecule has 1 amide bonds. The molecule has 0 unspecified atom stereocenters. The average molecular weight is 213 g/mol. The van der Waals surface area contributed by atoms with Crippen molar-refractivity contribution in [2.45, 2.75) is 25.7 Å². The van der Waals surface area contributed by atoms with E-state index in [2.05, 4.69) is 23.2 Å².